The molecule has 15 heteroatoms. The van der Waals surface area contributed by atoms with E-state index in [0.717, 1.165) is 31.4 Å². The monoisotopic (exact) mass is 617 g/mol. The molecule has 0 spiro atoms. The number of hydrogen-bond acceptors (Lipinski definition) is 9. The Morgan fingerprint density at radius 1 is 0.738 bits per heavy atom. The first-order chi connectivity index (χ1) is 20.3. The first kappa shape index (κ1) is 35.6. The van der Waals surface area contributed by atoms with Crippen molar-refractivity contribution in [3.05, 3.63) is 0 Å². The van der Waals surface area contributed by atoms with Crippen LogP contribution in [0.15, 0.2) is 0 Å². The highest BCUT2D eigenvalue weighted by molar-refractivity contribution is 8.00. The van der Waals surface area contributed by atoms with Gasteiger partial charge in [0.05, 0.1) is 38.5 Å². The summed E-state index contributed by atoms with van der Waals surface area (Å²) in [6, 6.07) is 0.393. The molecule has 0 aromatic heterocycles. The summed E-state index contributed by atoms with van der Waals surface area (Å²) in [5.41, 5.74) is 0. The van der Waals surface area contributed by atoms with Crippen molar-refractivity contribution in [2.45, 2.75) is 75.1 Å². The van der Waals surface area contributed by atoms with E-state index in [2.05, 4.69) is 26.6 Å². The summed E-state index contributed by atoms with van der Waals surface area (Å²) in [5.74, 6) is -0.633. The van der Waals surface area contributed by atoms with Crippen molar-refractivity contribution < 1.29 is 43.3 Å². The zero-order chi connectivity index (χ0) is 30.4. The first-order valence-corrected chi connectivity index (χ1v) is 15.8. The second kappa shape index (κ2) is 22.0. The topological polar surface area (TPSA) is 193 Å². The molecular weight excluding hydrogens is 570 g/mol. The van der Waals surface area contributed by atoms with Crippen LogP contribution < -0.4 is 26.6 Å². The quantitative estimate of drug-likeness (QED) is 0.0607. The maximum Gasteiger partial charge on any atom is 0.322 e. The number of carbonyl (C=O) groups excluding carboxylic acids is 4. The Hall–Kier alpha value is -2.62. The molecule has 14 nitrogen and oxygen atoms in total. The van der Waals surface area contributed by atoms with E-state index in [-0.39, 0.29) is 48.7 Å². The Labute approximate surface area is 251 Å². The SMILES string of the molecule is O=C(O)CNC(=O)CCCC(=O)NCCCOCCOCCOCCCNC(=O)CCCCC1SCC2NC(=O)NC21. The van der Waals surface area contributed by atoms with Gasteiger partial charge in [0, 0.05) is 56.6 Å². The maximum absolute atomic E-state index is 12.0. The van der Waals surface area contributed by atoms with E-state index in [1.54, 1.807) is 0 Å². The van der Waals surface area contributed by atoms with E-state index in [0.29, 0.717) is 77.2 Å². The Kier molecular flexibility index (Phi) is 18.6. The van der Waals surface area contributed by atoms with Crippen molar-refractivity contribution in [1.29, 1.82) is 0 Å². The number of amides is 5. The average Bonchev–Trinajstić information content (AvgIpc) is 3.51. The van der Waals surface area contributed by atoms with Crippen LogP contribution in [0.5, 0.6) is 0 Å². The van der Waals surface area contributed by atoms with Crippen molar-refractivity contribution in [1.82, 2.24) is 26.6 Å². The summed E-state index contributed by atoms with van der Waals surface area (Å²) in [6.45, 7) is 3.49. The second-order valence-corrected chi connectivity index (χ2v) is 11.4. The van der Waals surface area contributed by atoms with Crippen LogP contribution in [0.1, 0.15) is 57.8 Å². The molecule has 5 amide bonds. The molecule has 0 radical (unpaired) electrons. The van der Waals surface area contributed by atoms with Gasteiger partial charge in [-0.3, -0.25) is 19.2 Å². The molecule has 3 unspecified atom stereocenters. The molecule has 0 aromatic carbocycles. The van der Waals surface area contributed by atoms with E-state index < -0.39 is 12.5 Å². The number of unbranched alkanes of at least 4 members (excludes halogenated alkanes) is 1. The van der Waals surface area contributed by atoms with Crippen LogP contribution in [-0.4, -0.2) is 117 Å². The van der Waals surface area contributed by atoms with E-state index in [1.807, 2.05) is 11.8 Å². The Morgan fingerprint density at radius 3 is 1.88 bits per heavy atom. The summed E-state index contributed by atoms with van der Waals surface area (Å²) in [6.07, 6.45) is 5.41. The van der Waals surface area contributed by atoms with E-state index in [4.69, 9.17) is 19.3 Å². The van der Waals surface area contributed by atoms with Gasteiger partial charge in [-0.05, 0) is 32.1 Å². The summed E-state index contributed by atoms with van der Waals surface area (Å²) >= 11 is 1.90. The fourth-order valence-electron chi connectivity index (χ4n) is 4.47. The van der Waals surface area contributed by atoms with E-state index in [9.17, 15) is 24.0 Å². The summed E-state index contributed by atoms with van der Waals surface area (Å²) in [5, 5.41) is 22.8. The molecular formula is C27H47N5O9S. The molecule has 2 rings (SSSR count). The van der Waals surface area contributed by atoms with Crippen LogP contribution in [0.4, 0.5) is 4.79 Å². The zero-order valence-electron chi connectivity index (χ0n) is 24.3. The van der Waals surface area contributed by atoms with Crippen molar-refractivity contribution in [3.63, 3.8) is 0 Å². The largest absolute Gasteiger partial charge is 0.480 e. The van der Waals surface area contributed by atoms with Crippen LogP contribution in [0, 0.1) is 0 Å². The zero-order valence-corrected chi connectivity index (χ0v) is 25.1. The highest BCUT2D eigenvalue weighted by Crippen LogP contribution is 2.33. The number of thioether (sulfide) groups is 1. The van der Waals surface area contributed by atoms with Crippen LogP contribution >= 0.6 is 11.8 Å². The highest BCUT2D eigenvalue weighted by Gasteiger charge is 2.42. The molecule has 2 fully saturated rings. The predicted molar refractivity (Wildman–Crippen MR) is 156 cm³/mol. The predicted octanol–water partition coefficient (Wildman–Crippen LogP) is 0.146. The summed E-state index contributed by atoms with van der Waals surface area (Å²) in [4.78, 5) is 56.9. The van der Waals surface area contributed by atoms with Gasteiger partial charge in [0.25, 0.3) is 0 Å². The number of nitrogens with one attached hydrogen (secondary N) is 5. The van der Waals surface area contributed by atoms with Gasteiger partial charge in [0.1, 0.15) is 6.54 Å². The van der Waals surface area contributed by atoms with Gasteiger partial charge in [0.15, 0.2) is 0 Å². The number of aliphatic carboxylic acids is 1. The van der Waals surface area contributed by atoms with Gasteiger partial charge in [-0.2, -0.15) is 11.8 Å². The molecule has 2 aliphatic heterocycles. The van der Waals surface area contributed by atoms with Gasteiger partial charge >= 0.3 is 12.0 Å². The molecule has 42 heavy (non-hydrogen) atoms. The number of urea groups is 1. The number of ether oxygens (including phenoxy) is 3. The van der Waals surface area contributed by atoms with Gasteiger partial charge in [-0.15, -0.1) is 0 Å². The molecule has 2 aliphatic rings. The smallest absolute Gasteiger partial charge is 0.322 e. The van der Waals surface area contributed by atoms with Gasteiger partial charge < -0.3 is 45.9 Å². The van der Waals surface area contributed by atoms with Crippen molar-refractivity contribution in [2.24, 2.45) is 0 Å². The molecule has 0 aromatic rings. The fourth-order valence-corrected chi connectivity index (χ4v) is 6.01. The third-order valence-electron chi connectivity index (χ3n) is 6.64. The number of carboxylic acids is 1. The van der Waals surface area contributed by atoms with E-state index >= 15 is 0 Å². The van der Waals surface area contributed by atoms with E-state index in [1.165, 1.54) is 0 Å². The summed E-state index contributed by atoms with van der Waals surface area (Å²) in [7, 11) is 0. The number of hydrogen-bond donors (Lipinski definition) is 6. The lowest BCUT2D eigenvalue weighted by Crippen LogP contribution is -2.36. The lowest BCUT2D eigenvalue weighted by Gasteiger charge is -2.16. The average molecular weight is 618 g/mol. The third kappa shape index (κ3) is 16.7. The normalized spacial score (nSPS) is 19.0. The second-order valence-electron chi connectivity index (χ2n) is 10.1. The Bertz CT molecular complexity index is 851. The molecule has 6 N–H and O–H groups in total. The Morgan fingerprint density at radius 2 is 1.29 bits per heavy atom. The summed E-state index contributed by atoms with van der Waals surface area (Å²) < 4.78 is 16.4. The standard InChI is InChI=1S/C27H47N5O9S/c33-22(7-2-1-6-21-26-20(19-42-21)31-27(38)32-26)28-10-4-12-39-14-16-41-17-15-40-13-5-11-29-23(34)8-3-9-24(35)30-18-25(36)37/h20-21,26H,1-19H2,(H,28,33)(H,29,34)(H,30,35)(H,36,37)(H2,31,32,38). The number of carboxylic acid groups (broad SMARTS) is 1. The third-order valence-corrected chi connectivity index (χ3v) is 8.15. The fraction of sp³-hybridized carbons (Fsp3) is 0.815. The molecule has 0 saturated carbocycles. The lowest BCUT2D eigenvalue weighted by atomic mass is 10.0. The van der Waals surface area contributed by atoms with Crippen LogP contribution in [-0.2, 0) is 33.4 Å². The van der Waals surface area contributed by atoms with Crippen molar-refractivity contribution in [2.75, 3.05) is 65.0 Å². The number of fused-ring (bicyclic) bond motifs is 1. The molecule has 0 aliphatic carbocycles. The van der Waals surface area contributed by atoms with Crippen molar-refractivity contribution in [3.8, 4) is 0 Å². The first-order valence-electron chi connectivity index (χ1n) is 14.8. The minimum absolute atomic E-state index is 0.0608. The van der Waals surface area contributed by atoms with Crippen molar-refractivity contribution >= 4 is 41.5 Å². The minimum Gasteiger partial charge on any atom is -0.480 e. The molecule has 3 atom stereocenters. The molecule has 240 valence electrons. The molecule has 2 saturated heterocycles. The van der Waals surface area contributed by atoms with Crippen LogP contribution in [0.2, 0.25) is 0 Å². The number of rotatable bonds is 25. The van der Waals surface area contributed by atoms with Gasteiger partial charge in [-0.25, -0.2) is 4.79 Å². The van der Waals surface area contributed by atoms with Gasteiger partial charge in [-0.1, -0.05) is 6.42 Å². The van der Waals surface area contributed by atoms with Crippen LogP contribution in [0.25, 0.3) is 0 Å². The molecule has 0 bridgehead atoms. The lowest BCUT2D eigenvalue weighted by molar-refractivity contribution is -0.138. The number of carbonyl (C=O) groups is 5. The minimum atomic E-state index is -1.11. The molecule has 2 heterocycles. The van der Waals surface area contributed by atoms with Crippen LogP contribution in [0.3, 0.4) is 0 Å². The van der Waals surface area contributed by atoms with Gasteiger partial charge in [0.2, 0.25) is 17.7 Å². The Balaban J connectivity index is 1.25. The highest BCUT2D eigenvalue weighted by atomic mass is 32.2. The maximum atomic E-state index is 12.0.